The first kappa shape index (κ1) is 21.0. The maximum atomic E-state index is 13.0. The Morgan fingerprint density at radius 1 is 1.24 bits per heavy atom. The van der Waals surface area contributed by atoms with E-state index in [9.17, 15) is 22.8 Å². The second kappa shape index (κ2) is 8.33. The van der Waals surface area contributed by atoms with Crippen molar-refractivity contribution in [1.29, 1.82) is 0 Å². The number of carbonyl (C=O) groups excluding carboxylic acids is 2. The standard InChI is InChI=1S/C17H24F3N3O2/c1-10(2)15(21)5-6-23(4)16(25)12-7-13(17(18,19)20)9-14(8-12)22-11(3)24/h7-10,15H,5-6,21H2,1-4H3,(H,22,24). The van der Waals surface area contributed by atoms with Crippen LogP contribution in [0.3, 0.4) is 0 Å². The number of nitrogens with zero attached hydrogens (tertiary/aromatic N) is 1. The normalized spacial score (nSPS) is 12.8. The van der Waals surface area contributed by atoms with E-state index in [1.54, 1.807) is 0 Å². The van der Waals surface area contributed by atoms with Crippen LogP contribution in [0.5, 0.6) is 0 Å². The molecule has 0 fully saturated rings. The van der Waals surface area contributed by atoms with Gasteiger partial charge in [-0.25, -0.2) is 0 Å². The molecule has 0 saturated carbocycles. The third-order valence-electron chi connectivity index (χ3n) is 3.83. The average Bonchev–Trinajstić information content (AvgIpc) is 2.49. The largest absolute Gasteiger partial charge is 0.416 e. The highest BCUT2D eigenvalue weighted by Crippen LogP contribution is 2.32. The molecule has 1 aromatic carbocycles. The van der Waals surface area contributed by atoms with Crippen LogP contribution in [-0.4, -0.2) is 36.3 Å². The highest BCUT2D eigenvalue weighted by Gasteiger charge is 2.32. The Morgan fingerprint density at radius 2 is 1.84 bits per heavy atom. The van der Waals surface area contributed by atoms with Crippen LogP contribution in [0.15, 0.2) is 18.2 Å². The van der Waals surface area contributed by atoms with Crippen molar-refractivity contribution in [3.63, 3.8) is 0 Å². The lowest BCUT2D eigenvalue weighted by atomic mass is 10.0. The molecule has 0 aliphatic rings. The molecule has 1 atom stereocenters. The molecule has 2 amide bonds. The van der Waals surface area contributed by atoms with Crippen LogP contribution in [0.1, 0.15) is 43.1 Å². The van der Waals surface area contributed by atoms with Gasteiger partial charge in [0.15, 0.2) is 0 Å². The van der Waals surface area contributed by atoms with Crippen molar-refractivity contribution >= 4 is 17.5 Å². The summed E-state index contributed by atoms with van der Waals surface area (Å²) >= 11 is 0. The quantitative estimate of drug-likeness (QED) is 0.819. The number of anilines is 1. The van der Waals surface area contributed by atoms with Gasteiger partial charge in [-0.1, -0.05) is 13.8 Å². The molecule has 1 aromatic rings. The number of halogens is 3. The van der Waals surface area contributed by atoms with Crippen molar-refractivity contribution in [3.05, 3.63) is 29.3 Å². The van der Waals surface area contributed by atoms with Gasteiger partial charge in [0.2, 0.25) is 5.91 Å². The zero-order chi connectivity index (χ0) is 19.4. The lowest BCUT2D eigenvalue weighted by molar-refractivity contribution is -0.137. The maximum Gasteiger partial charge on any atom is 0.416 e. The number of hydrogen-bond donors (Lipinski definition) is 2. The molecule has 25 heavy (non-hydrogen) atoms. The van der Waals surface area contributed by atoms with Crippen molar-refractivity contribution in [3.8, 4) is 0 Å². The first-order chi connectivity index (χ1) is 11.4. The van der Waals surface area contributed by atoms with Crippen LogP contribution in [-0.2, 0) is 11.0 Å². The number of nitrogens with one attached hydrogen (secondary N) is 1. The summed E-state index contributed by atoms with van der Waals surface area (Å²) in [5, 5.41) is 2.29. The van der Waals surface area contributed by atoms with Gasteiger partial charge in [-0.3, -0.25) is 9.59 Å². The van der Waals surface area contributed by atoms with E-state index in [2.05, 4.69) is 5.32 Å². The Balaban J connectivity index is 3.04. The summed E-state index contributed by atoms with van der Waals surface area (Å²) in [6.45, 7) is 5.42. The number of hydrogen-bond acceptors (Lipinski definition) is 3. The number of amides is 2. The summed E-state index contributed by atoms with van der Waals surface area (Å²) in [6.07, 6.45) is -4.08. The van der Waals surface area contributed by atoms with Gasteiger partial charge < -0.3 is 16.0 Å². The summed E-state index contributed by atoms with van der Waals surface area (Å²) in [7, 11) is 1.51. The third-order valence-corrected chi connectivity index (χ3v) is 3.83. The first-order valence-corrected chi connectivity index (χ1v) is 7.92. The summed E-state index contributed by atoms with van der Waals surface area (Å²) in [5.74, 6) is -0.842. The van der Waals surface area contributed by atoms with Gasteiger partial charge in [0.05, 0.1) is 5.56 Å². The van der Waals surface area contributed by atoms with Crippen molar-refractivity contribution < 1.29 is 22.8 Å². The highest BCUT2D eigenvalue weighted by atomic mass is 19.4. The van der Waals surface area contributed by atoms with E-state index in [1.165, 1.54) is 24.9 Å². The fourth-order valence-corrected chi connectivity index (χ4v) is 2.19. The molecule has 140 valence electrons. The monoisotopic (exact) mass is 359 g/mol. The van der Waals surface area contributed by atoms with Crippen LogP contribution in [0.2, 0.25) is 0 Å². The van der Waals surface area contributed by atoms with E-state index < -0.39 is 23.6 Å². The molecule has 0 aliphatic carbocycles. The van der Waals surface area contributed by atoms with Gasteiger partial charge in [0.1, 0.15) is 0 Å². The minimum Gasteiger partial charge on any atom is -0.342 e. The topological polar surface area (TPSA) is 75.4 Å². The van der Waals surface area contributed by atoms with Crippen LogP contribution in [0, 0.1) is 5.92 Å². The van der Waals surface area contributed by atoms with E-state index in [1.807, 2.05) is 13.8 Å². The van der Waals surface area contributed by atoms with Crippen LogP contribution in [0.4, 0.5) is 18.9 Å². The smallest absolute Gasteiger partial charge is 0.342 e. The first-order valence-electron chi connectivity index (χ1n) is 7.92. The molecule has 5 nitrogen and oxygen atoms in total. The predicted molar refractivity (Wildman–Crippen MR) is 90.1 cm³/mol. The minimum atomic E-state index is -4.62. The number of rotatable bonds is 6. The zero-order valence-electron chi connectivity index (χ0n) is 14.8. The molecule has 0 saturated heterocycles. The molecule has 1 rings (SSSR count). The Kier molecular flexibility index (Phi) is 6.98. The SMILES string of the molecule is CC(=O)Nc1cc(C(=O)N(C)CCC(N)C(C)C)cc(C(F)(F)F)c1. The van der Waals surface area contributed by atoms with E-state index >= 15 is 0 Å². The van der Waals surface area contributed by atoms with Gasteiger partial charge in [0, 0.05) is 37.8 Å². The summed E-state index contributed by atoms with van der Waals surface area (Å²) in [4.78, 5) is 24.9. The summed E-state index contributed by atoms with van der Waals surface area (Å²) < 4.78 is 39.1. The van der Waals surface area contributed by atoms with Gasteiger partial charge in [-0.2, -0.15) is 13.2 Å². The molecule has 8 heteroatoms. The second-order valence-electron chi connectivity index (χ2n) is 6.40. The van der Waals surface area contributed by atoms with E-state index in [0.29, 0.717) is 13.0 Å². The number of alkyl halides is 3. The molecule has 0 spiro atoms. The van der Waals surface area contributed by atoms with Gasteiger partial charge >= 0.3 is 6.18 Å². The molecule has 0 bridgehead atoms. The third kappa shape index (κ3) is 6.38. The fourth-order valence-electron chi connectivity index (χ4n) is 2.19. The number of nitrogens with two attached hydrogens (primary N) is 1. The molecule has 0 heterocycles. The van der Waals surface area contributed by atoms with Crippen LogP contribution < -0.4 is 11.1 Å². The molecular weight excluding hydrogens is 335 g/mol. The van der Waals surface area contributed by atoms with Crippen molar-refractivity contribution in [2.75, 3.05) is 18.9 Å². The summed E-state index contributed by atoms with van der Waals surface area (Å²) in [6, 6.07) is 2.71. The predicted octanol–water partition coefficient (Wildman–Crippen LogP) is 3.11. The van der Waals surface area contributed by atoms with Gasteiger partial charge in [-0.15, -0.1) is 0 Å². The molecule has 0 aromatic heterocycles. The number of benzene rings is 1. The molecule has 1 unspecified atom stereocenters. The molecule has 3 N–H and O–H groups in total. The Morgan fingerprint density at radius 3 is 2.32 bits per heavy atom. The van der Waals surface area contributed by atoms with Gasteiger partial charge in [0.25, 0.3) is 5.91 Å². The Hall–Kier alpha value is -2.09. The van der Waals surface area contributed by atoms with E-state index in [-0.39, 0.29) is 23.2 Å². The Bertz CT molecular complexity index is 630. The van der Waals surface area contributed by atoms with Crippen molar-refractivity contribution in [2.24, 2.45) is 11.7 Å². The molecule has 0 aliphatic heterocycles. The van der Waals surface area contributed by atoms with Crippen molar-refractivity contribution in [2.45, 2.75) is 39.4 Å². The molecular formula is C17H24F3N3O2. The van der Waals surface area contributed by atoms with Crippen molar-refractivity contribution in [1.82, 2.24) is 4.90 Å². The van der Waals surface area contributed by atoms with E-state index in [0.717, 1.165) is 12.1 Å². The maximum absolute atomic E-state index is 13.0. The van der Waals surface area contributed by atoms with Gasteiger partial charge in [-0.05, 0) is 30.5 Å². The van der Waals surface area contributed by atoms with Crippen LogP contribution in [0.25, 0.3) is 0 Å². The molecule has 0 radical (unpaired) electrons. The van der Waals surface area contributed by atoms with E-state index in [4.69, 9.17) is 5.73 Å². The second-order valence-corrected chi connectivity index (χ2v) is 6.40. The lowest BCUT2D eigenvalue weighted by Gasteiger charge is -2.22. The number of carbonyl (C=O) groups is 2. The Labute approximate surface area is 145 Å². The highest BCUT2D eigenvalue weighted by molar-refractivity contribution is 5.97. The fraction of sp³-hybridized carbons (Fsp3) is 0.529. The average molecular weight is 359 g/mol. The zero-order valence-corrected chi connectivity index (χ0v) is 14.8. The summed E-state index contributed by atoms with van der Waals surface area (Å²) in [5.41, 5.74) is 4.73. The van der Waals surface area contributed by atoms with Crippen LogP contribution >= 0.6 is 0 Å². The minimum absolute atomic E-state index is 0.0713. The lowest BCUT2D eigenvalue weighted by Crippen LogP contribution is -2.34.